The molecule has 2 aromatic heterocycles. The number of benzene rings is 1. The van der Waals surface area contributed by atoms with Crippen molar-refractivity contribution in [1.82, 2.24) is 20.1 Å². The van der Waals surface area contributed by atoms with E-state index in [-0.39, 0.29) is 29.6 Å². The van der Waals surface area contributed by atoms with Crippen LogP contribution in [0.4, 0.5) is 19.0 Å². The number of nitrogens with one attached hydrogen (secondary N) is 1. The van der Waals surface area contributed by atoms with Crippen molar-refractivity contribution in [3.63, 3.8) is 0 Å². The second-order valence-electron chi connectivity index (χ2n) is 7.78. The Hall–Kier alpha value is -3.40. The molecule has 2 atom stereocenters. The lowest BCUT2D eigenvalue weighted by molar-refractivity contribution is 0.0257. The van der Waals surface area contributed by atoms with E-state index in [1.807, 2.05) is 0 Å². The number of pyridine rings is 1. The maximum absolute atomic E-state index is 13.9. The SMILES string of the molecule is Cn1cc(-c2cnc(N)c(C(=O)NC3CCCC3OCc3cc(F)c(F)cc3F)c2)cn1. The number of halogens is 3. The minimum atomic E-state index is -1.25. The third-order valence-electron chi connectivity index (χ3n) is 5.51. The summed E-state index contributed by atoms with van der Waals surface area (Å²) in [6, 6.07) is 2.59. The first-order valence-electron chi connectivity index (χ1n) is 10.1. The van der Waals surface area contributed by atoms with E-state index in [0.29, 0.717) is 24.5 Å². The van der Waals surface area contributed by atoms with E-state index in [1.165, 1.54) is 0 Å². The van der Waals surface area contributed by atoms with Gasteiger partial charge in [0.2, 0.25) is 0 Å². The number of amides is 1. The lowest BCUT2D eigenvalue weighted by Gasteiger charge is -2.22. The minimum absolute atomic E-state index is 0.0847. The first kappa shape index (κ1) is 21.8. The van der Waals surface area contributed by atoms with Gasteiger partial charge < -0.3 is 15.8 Å². The molecule has 1 amide bonds. The van der Waals surface area contributed by atoms with E-state index in [0.717, 1.165) is 18.1 Å². The fourth-order valence-corrected chi connectivity index (χ4v) is 3.79. The number of carbonyl (C=O) groups excluding carboxylic acids is 1. The number of rotatable bonds is 6. The topological polar surface area (TPSA) is 95.1 Å². The molecule has 0 spiro atoms. The van der Waals surface area contributed by atoms with Gasteiger partial charge in [-0.3, -0.25) is 9.48 Å². The van der Waals surface area contributed by atoms with Gasteiger partial charge in [-0.1, -0.05) is 0 Å². The Balaban J connectivity index is 1.44. The number of nitrogens with two attached hydrogens (primary N) is 1. The Labute approximate surface area is 182 Å². The Morgan fingerprint density at radius 3 is 2.69 bits per heavy atom. The fraction of sp³-hybridized carbons (Fsp3) is 0.318. The van der Waals surface area contributed by atoms with Gasteiger partial charge in [0.1, 0.15) is 11.6 Å². The van der Waals surface area contributed by atoms with E-state index in [2.05, 4.69) is 15.4 Å². The standard InChI is InChI=1S/C22H22F3N5O2/c1-30-10-14(9-28-30)12-5-15(21(26)27-8-12)22(31)29-19-3-2-4-20(19)32-11-13-6-17(24)18(25)7-16(13)23/h5-10,19-20H,2-4,11H2,1H3,(H2,26,27)(H,29,31). The summed E-state index contributed by atoms with van der Waals surface area (Å²) in [5, 5.41) is 7.02. The van der Waals surface area contributed by atoms with Gasteiger partial charge in [-0.25, -0.2) is 18.2 Å². The van der Waals surface area contributed by atoms with Crippen LogP contribution in [0.1, 0.15) is 35.2 Å². The highest BCUT2D eigenvalue weighted by Gasteiger charge is 2.30. The van der Waals surface area contributed by atoms with Gasteiger partial charge in [0.05, 0.1) is 30.5 Å². The number of nitrogens with zero attached hydrogens (tertiary/aromatic N) is 3. The summed E-state index contributed by atoms with van der Waals surface area (Å²) in [5.41, 5.74) is 7.56. The molecule has 168 valence electrons. The van der Waals surface area contributed by atoms with E-state index in [1.54, 1.807) is 36.4 Å². The van der Waals surface area contributed by atoms with Crippen molar-refractivity contribution in [2.75, 3.05) is 5.73 Å². The first-order valence-corrected chi connectivity index (χ1v) is 10.1. The van der Waals surface area contributed by atoms with Crippen LogP contribution in [0.25, 0.3) is 11.1 Å². The van der Waals surface area contributed by atoms with Crippen LogP contribution in [0.3, 0.4) is 0 Å². The monoisotopic (exact) mass is 445 g/mol. The summed E-state index contributed by atoms with van der Waals surface area (Å²) >= 11 is 0. The normalized spacial score (nSPS) is 18.1. The van der Waals surface area contributed by atoms with Crippen LogP contribution in [0.15, 0.2) is 36.8 Å². The highest BCUT2D eigenvalue weighted by atomic mass is 19.2. The smallest absolute Gasteiger partial charge is 0.255 e. The molecule has 3 N–H and O–H groups in total. The van der Waals surface area contributed by atoms with E-state index in [4.69, 9.17) is 10.5 Å². The summed E-state index contributed by atoms with van der Waals surface area (Å²) in [7, 11) is 1.79. The maximum Gasteiger partial charge on any atom is 0.255 e. The molecule has 32 heavy (non-hydrogen) atoms. The number of carbonyl (C=O) groups is 1. The van der Waals surface area contributed by atoms with Crippen molar-refractivity contribution >= 4 is 11.7 Å². The predicted octanol–water partition coefficient (Wildman–Crippen LogP) is 3.35. The van der Waals surface area contributed by atoms with Crippen LogP contribution in [-0.2, 0) is 18.4 Å². The Bertz CT molecular complexity index is 1150. The average Bonchev–Trinajstić information content (AvgIpc) is 3.39. The van der Waals surface area contributed by atoms with Crippen molar-refractivity contribution in [3.05, 3.63) is 65.4 Å². The van der Waals surface area contributed by atoms with Crippen molar-refractivity contribution < 1.29 is 22.7 Å². The highest BCUT2D eigenvalue weighted by molar-refractivity contribution is 5.99. The summed E-state index contributed by atoms with van der Waals surface area (Å²) in [6.45, 7) is -0.236. The third kappa shape index (κ3) is 4.59. The zero-order valence-corrected chi connectivity index (χ0v) is 17.3. The molecule has 1 fully saturated rings. The molecule has 0 bridgehead atoms. The molecule has 1 saturated carbocycles. The molecule has 0 saturated heterocycles. The number of anilines is 1. The van der Waals surface area contributed by atoms with Crippen LogP contribution in [0.2, 0.25) is 0 Å². The lowest BCUT2D eigenvalue weighted by Crippen LogP contribution is -2.41. The third-order valence-corrected chi connectivity index (χ3v) is 5.51. The van der Waals surface area contributed by atoms with Gasteiger partial charge in [-0.05, 0) is 31.4 Å². The van der Waals surface area contributed by atoms with E-state index < -0.39 is 29.5 Å². The molecule has 10 heteroatoms. The highest BCUT2D eigenvalue weighted by Crippen LogP contribution is 2.26. The van der Waals surface area contributed by atoms with Gasteiger partial charge >= 0.3 is 0 Å². The number of aromatic nitrogens is 3. The summed E-state index contributed by atoms with van der Waals surface area (Å²) in [6.07, 6.45) is 6.72. The molecule has 1 aliphatic rings. The second kappa shape index (κ2) is 8.99. The van der Waals surface area contributed by atoms with Crippen LogP contribution in [-0.4, -0.2) is 32.8 Å². The average molecular weight is 445 g/mol. The molecular weight excluding hydrogens is 423 g/mol. The van der Waals surface area contributed by atoms with Gasteiger partial charge in [0.25, 0.3) is 5.91 Å². The van der Waals surface area contributed by atoms with Crippen molar-refractivity contribution in [2.45, 2.75) is 38.0 Å². The maximum atomic E-state index is 13.9. The molecule has 4 rings (SSSR count). The first-order chi connectivity index (χ1) is 15.3. The van der Waals surface area contributed by atoms with Crippen LogP contribution in [0, 0.1) is 17.5 Å². The summed E-state index contributed by atoms with van der Waals surface area (Å²) < 4.78 is 47.8. The number of hydrogen-bond acceptors (Lipinski definition) is 5. The van der Waals surface area contributed by atoms with Gasteiger partial charge in [-0.2, -0.15) is 5.10 Å². The molecule has 7 nitrogen and oxygen atoms in total. The zero-order chi connectivity index (χ0) is 22.8. The molecule has 3 aromatic rings. The van der Waals surface area contributed by atoms with Crippen molar-refractivity contribution in [1.29, 1.82) is 0 Å². The zero-order valence-electron chi connectivity index (χ0n) is 17.3. The summed E-state index contributed by atoms with van der Waals surface area (Å²) in [5.74, 6) is -3.59. The van der Waals surface area contributed by atoms with Crippen LogP contribution < -0.4 is 11.1 Å². The number of aryl methyl sites for hydroxylation is 1. The number of nitrogen functional groups attached to an aromatic ring is 1. The lowest BCUT2D eigenvalue weighted by atomic mass is 10.1. The minimum Gasteiger partial charge on any atom is -0.383 e. The fourth-order valence-electron chi connectivity index (χ4n) is 3.79. The predicted molar refractivity (Wildman–Crippen MR) is 111 cm³/mol. The number of hydrogen-bond donors (Lipinski definition) is 2. The molecule has 2 heterocycles. The molecule has 1 aromatic carbocycles. The summed E-state index contributed by atoms with van der Waals surface area (Å²) in [4.78, 5) is 17.0. The number of ether oxygens (including phenoxy) is 1. The second-order valence-corrected chi connectivity index (χ2v) is 7.78. The van der Waals surface area contributed by atoms with Crippen molar-refractivity contribution in [2.24, 2.45) is 7.05 Å². The van der Waals surface area contributed by atoms with Gasteiger partial charge in [0, 0.05) is 42.2 Å². The Kier molecular flexibility index (Phi) is 6.13. The van der Waals surface area contributed by atoms with E-state index >= 15 is 0 Å². The largest absolute Gasteiger partial charge is 0.383 e. The quantitative estimate of drug-likeness (QED) is 0.568. The molecule has 1 aliphatic carbocycles. The Morgan fingerprint density at radius 1 is 1.16 bits per heavy atom. The Morgan fingerprint density at radius 2 is 1.94 bits per heavy atom. The van der Waals surface area contributed by atoms with Crippen LogP contribution >= 0.6 is 0 Å². The van der Waals surface area contributed by atoms with Crippen LogP contribution in [0.5, 0.6) is 0 Å². The van der Waals surface area contributed by atoms with Gasteiger partial charge in [-0.15, -0.1) is 0 Å². The molecule has 2 unspecified atom stereocenters. The van der Waals surface area contributed by atoms with Crippen molar-refractivity contribution in [3.8, 4) is 11.1 Å². The molecular formula is C22H22F3N5O2. The molecule has 0 aliphatic heterocycles. The van der Waals surface area contributed by atoms with Gasteiger partial charge in [0.15, 0.2) is 11.6 Å². The molecule has 0 radical (unpaired) electrons. The van der Waals surface area contributed by atoms with E-state index in [9.17, 15) is 18.0 Å².